The molecule has 0 amide bonds. The molecular weight excluding hydrogens is 292 g/mol. The van der Waals surface area contributed by atoms with E-state index in [9.17, 15) is 14.9 Å². The number of fused-ring (bicyclic) bond motifs is 1. The van der Waals surface area contributed by atoms with Crippen molar-refractivity contribution in [1.82, 2.24) is 9.38 Å². The normalized spacial score (nSPS) is 10.7. The van der Waals surface area contributed by atoms with Gasteiger partial charge in [0.25, 0.3) is 11.2 Å². The second-order valence-electron chi connectivity index (χ2n) is 4.30. The molecule has 1 aromatic carbocycles. The first-order valence-corrected chi connectivity index (χ1v) is 6.95. The lowest BCUT2D eigenvalue weighted by molar-refractivity contribution is -0.384. The Morgan fingerprint density at radius 1 is 1.38 bits per heavy atom. The SMILES string of the molecule is O=c1cc(CNc2cccc([N+](=O)[O-])c2)nc2sccn12. The molecule has 0 spiro atoms. The summed E-state index contributed by atoms with van der Waals surface area (Å²) in [6, 6.07) is 7.64. The van der Waals surface area contributed by atoms with E-state index in [1.54, 1.807) is 23.7 Å². The van der Waals surface area contributed by atoms with Crippen molar-refractivity contribution in [1.29, 1.82) is 0 Å². The number of non-ortho nitro benzene ring substituents is 1. The van der Waals surface area contributed by atoms with Crippen molar-refractivity contribution in [3.05, 3.63) is 68.1 Å². The van der Waals surface area contributed by atoms with Crippen LogP contribution in [0.3, 0.4) is 0 Å². The van der Waals surface area contributed by atoms with Gasteiger partial charge in [0, 0.05) is 35.5 Å². The molecule has 3 rings (SSSR count). The maximum absolute atomic E-state index is 11.8. The highest BCUT2D eigenvalue weighted by molar-refractivity contribution is 7.15. The summed E-state index contributed by atoms with van der Waals surface area (Å²) in [5, 5.41) is 15.5. The fraction of sp³-hybridized carbons (Fsp3) is 0.0769. The molecule has 2 aromatic heterocycles. The van der Waals surface area contributed by atoms with Crippen molar-refractivity contribution in [2.45, 2.75) is 6.54 Å². The molecule has 0 saturated heterocycles. The minimum Gasteiger partial charge on any atom is -0.379 e. The predicted molar refractivity (Wildman–Crippen MR) is 79.8 cm³/mol. The molecule has 0 aliphatic heterocycles. The maximum Gasteiger partial charge on any atom is 0.271 e. The summed E-state index contributed by atoms with van der Waals surface area (Å²) in [7, 11) is 0. The van der Waals surface area contributed by atoms with Crippen LogP contribution in [0.25, 0.3) is 4.96 Å². The molecule has 0 fully saturated rings. The Morgan fingerprint density at radius 2 is 2.24 bits per heavy atom. The van der Waals surface area contributed by atoms with Crippen molar-refractivity contribution in [2.75, 3.05) is 5.32 Å². The predicted octanol–water partition coefficient (Wildman–Crippen LogP) is 2.28. The Bertz CT molecular complexity index is 871. The van der Waals surface area contributed by atoms with Gasteiger partial charge in [-0.1, -0.05) is 6.07 Å². The molecule has 1 N–H and O–H groups in total. The summed E-state index contributed by atoms with van der Waals surface area (Å²) in [6.07, 6.45) is 1.67. The van der Waals surface area contributed by atoms with Gasteiger partial charge in [-0.2, -0.15) is 0 Å². The molecule has 0 aliphatic rings. The van der Waals surface area contributed by atoms with Gasteiger partial charge in [0.1, 0.15) is 0 Å². The van der Waals surface area contributed by atoms with Crippen LogP contribution in [0.2, 0.25) is 0 Å². The van der Waals surface area contributed by atoms with Gasteiger partial charge < -0.3 is 5.32 Å². The third-order valence-electron chi connectivity index (χ3n) is 2.89. The number of anilines is 1. The van der Waals surface area contributed by atoms with Gasteiger partial charge in [0.2, 0.25) is 0 Å². The summed E-state index contributed by atoms with van der Waals surface area (Å²) in [4.78, 5) is 27.1. The number of nitrogens with zero attached hydrogens (tertiary/aromatic N) is 3. The average molecular weight is 302 g/mol. The first-order valence-electron chi connectivity index (χ1n) is 6.07. The van der Waals surface area contributed by atoms with E-state index in [0.29, 0.717) is 22.9 Å². The van der Waals surface area contributed by atoms with E-state index in [0.717, 1.165) is 0 Å². The molecule has 3 aromatic rings. The minimum absolute atomic E-state index is 0.0155. The number of benzene rings is 1. The van der Waals surface area contributed by atoms with Gasteiger partial charge in [-0.15, -0.1) is 11.3 Å². The van der Waals surface area contributed by atoms with Gasteiger partial charge in [0.15, 0.2) is 4.96 Å². The largest absolute Gasteiger partial charge is 0.379 e. The van der Waals surface area contributed by atoms with Gasteiger partial charge in [-0.3, -0.25) is 19.3 Å². The Balaban J connectivity index is 1.81. The number of aromatic nitrogens is 2. The van der Waals surface area contributed by atoms with E-state index < -0.39 is 4.92 Å². The van der Waals surface area contributed by atoms with E-state index in [4.69, 9.17) is 0 Å². The summed E-state index contributed by atoms with van der Waals surface area (Å²) >= 11 is 1.38. The van der Waals surface area contributed by atoms with Crippen LogP contribution in [0.15, 0.2) is 46.7 Å². The zero-order valence-electron chi connectivity index (χ0n) is 10.7. The summed E-state index contributed by atoms with van der Waals surface area (Å²) in [5.41, 5.74) is 1.07. The van der Waals surface area contributed by atoms with Crippen LogP contribution >= 0.6 is 11.3 Å². The molecule has 8 heteroatoms. The lowest BCUT2D eigenvalue weighted by Crippen LogP contribution is -2.14. The molecule has 2 heterocycles. The van der Waals surface area contributed by atoms with Gasteiger partial charge in [-0.25, -0.2) is 4.98 Å². The fourth-order valence-corrected chi connectivity index (χ4v) is 2.64. The zero-order valence-corrected chi connectivity index (χ0v) is 11.5. The Morgan fingerprint density at radius 3 is 3.05 bits per heavy atom. The molecule has 0 atom stereocenters. The molecule has 106 valence electrons. The number of nitro benzene ring substituents is 1. The lowest BCUT2D eigenvalue weighted by Gasteiger charge is -2.05. The second kappa shape index (κ2) is 5.33. The maximum atomic E-state index is 11.8. The van der Waals surface area contributed by atoms with Crippen molar-refractivity contribution in [2.24, 2.45) is 0 Å². The third kappa shape index (κ3) is 2.75. The summed E-state index contributed by atoms with van der Waals surface area (Å²) in [5.74, 6) is 0. The van der Waals surface area contributed by atoms with Crippen molar-refractivity contribution in [3.63, 3.8) is 0 Å². The van der Waals surface area contributed by atoms with Crippen LogP contribution in [-0.2, 0) is 6.54 Å². The smallest absolute Gasteiger partial charge is 0.271 e. The number of nitro groups is 1. The zero-order chi connectivity index (χ0) is 14.8. The highest BCUT2D eigenvalue weighted by Crippen LogP contribution is 2.17. The summed E-state index contributed by atoms with van der Waals surface area (Å²) < 4.78 is 1.47. The van der Waals surface area contributed by atoms with Crippen molar-refractivity contribution in [3.8, 4) is 0 Å². The highest BCUT2D eigenvalue weighted by Gasteiger charge is 2.07. The van der Waals surface area contributed by atoms with Gasteiger partial charge in [-0.05, 0) is 6.07 Å². The Kier molecular flexibility index (Phi) is 3.36. The Hall–Kier alpha value is -2.74. The van der Waals surface area contributed by atoms with Gasteiger partial charge in [0.05, 0.1) is 17.2 Å². The molecule has 21 heavy (non-hydrogen) atoms. The minimum atomic E-state index is -0.451. The van der Waals surface area contributed by atoms with E-state index in [1.807, 2.05) is 0 Å². The third-order valence-corrected chi connectivity index (χ3v) is 3.64. The number of hydrogen-bond acceptors (Lipinski definition) is 6. The molecule has 0 unspecified atom stereocenters. The first kappa shape index (κ1) is 13.3. The standard InChI is InChI=1S/C13H10N4O3S/c18-12-7-10(15-13-16(12)4-5-21-13)8-14-9-2-1-3-11(6-9)17(19)20/h1-7,14H,8H2. The monoisotopic (exact) mass is 302 g/mol. The Labute approximate surface area is 122 Å². The number of thiazole rings is 1. The van der Waals surface area contributed by atoms with E-state index in [-0.39, 0.29) is 11.2 Å². The van der Waals surface area contributed by atoms with Crippen molar-refractivity contribution >= 4 is 27.7 Å². The number of rotatable bonds is 4. The van der Waals surface area contributed by atoms with Crippen molar-refractivity contribution < 1.29 is 4.92 Å². The van der Waals surface area contributed by atoms with Crippen LogP contribution in [0.1, 0.15) is 5.69 Å². The van der Waals surface area contributed by atoms with E-state index >= 15 is 0 Å². The van der Waals surface area contributed by atoms with E-state index in [1.165, 1.54) is 33.9 Å². The molecule has 0 saturated carbocycles. The topological polar surface area (TPSA) is 89.5 Å². The average Bonchev–Trinajstić information content (AvgIpc) is 2.94. The summed E-state index contributed by atoms with van der Waals surface area (Å²) in [6.45, 7) is 0.324. The second-order valence-corrected chi connectivity index (χ2v) is 5.18. The number of hydrogen-bond donors (Lipinski definition) is 1. The van der Waals surface area contributed by atoms with E-state index in [2.05, 4.69) is 10.3 Å². The highest BCUT2D eigenvalue weighted by atomic mass is 32.1. The quantitative estimate of drug-likeness (QED) is 0.590. The van der Waals surface area contributed by atoms with Crippen LogP contribution in [-0.4, -0.2) is 14.3 Å². The molecule has 0 radical (unpaired) electrons. The first-order chi connectivity index (χ1) is 10.1. The lowest BCUT2D eigenvalue weighted by atomic mass is 10.2. The fourth-order valence-electron chi connectivity index (χ4n) is 1.90. The number of nitrogens with one attached hydrogen (secondary N) is 1. The van der Waals surface area contributed by atoms with Crippen LogP contribution in [0.5, 0.6) is 0 Å². The molecular formula is C13H10N4O3S. The molecule has 0 bridgehead atoms. The molecule has 0 aliphatic carbocycles. The van der Waals surface area contributed by atoms with Crippen LogP contribution in [0, 0.1) is 10.1 Å². The van der Waals surface area contributed by atoms with Gasteiger partial charge >= 0.3 is 0 Å². The molecule has 7 nitrogen and oxygen atoms in total. The van der Waals surface area contributed by atoms with Crippen LogP contribution in [0.4, 0.5) is 11.4 Å². The van der Waals surface area contributed by atoms with Crippen LogP contribution < -0.4 is 10.9 Å².